The van der Waals surface area contributed by atoms with Crippen LogP contribution in [-0.4, -0.2) is 50.6 Å². The van der Waals surface area contributed by atoms with Crippen molar-refractivity contribution in [3.05, 3.63) is 53.1 Å². The van der Waals surface area contributed by atoms with Gasteiger partial charge in [-0.3, -0.25) is 4.72 Å². The molecule has 0 aromatic heterocycles. The van der Waals surface area contributed by atoms with Crippen LogP contribution in [0, 0.1) is 6.92 Å². The Hall–Kier alpha value is -2.58. The molecule has 0 aliphatic rings. The minimum Gasteiger partial charge on any atom is -0.478 e. The summed E-state index contributed by atoms with van der Waals surface area (Å²) in [5.41, 5.74) is 1.96. The minimum atomic E-state index is -3.99. The highest BCUT2D eigenvalue weighted by Gasteiger charge is 2.23. The van der Waals surface area contributed by atoms with Crippen molar-refractivity contribution < 1.29 is 18.3 Å². The topological polar surface area (TPSA) is 98.7 Å². The lowest BCUT2D eigenvalue weighted by Crippen LogP contribution is -2.29. The lowest BCUT2D eigenvalue weighted by molar-refractivity contribution is 0.0697. The van der Waals surface area contributed by atoms with Gasteiger partial charge in [0.05, 0.1) is 16.9 Å². The van der Waals surface area contributed by atoms with Crippen LogP contribution in [0.15, 0.2) is 41.3 Å². The van der Waals surface area contributed by atoms with Crippen molar-refractivity contribution in [2.45, 2.75) is 39.0 Å². The summed E-state index contributed by atoms with van der Waals surface area (Å²) in [5, 5.41) is 12.8. The molecule has 0 saturated carbocycles. The normalized spacial score (nSPS) is 11.5. The SMILES string of the molecule is CCc1ccc(NS(=O)(=O)c2ccccc2NCCN(CC)CC)c(C(=O)O)c1C. The Labute approximate surface area is 179 Å². The summed E-state index contributed by atoms with van der Waals surface area (Å²) in [4.78, 5) is 14.1. The molecule has 7 nitrogen and oxygen atoms in total. The van der Waals surface area contributed by atoms with E-state index in [0.717, 1.165) is 25.2 Å². The molecule has 0 bridgehead atoms. The maximum Gasteiger partial charge on any atom is 0.338 e. The van der Waals surface area contributed by atoms with Crippen LogP contribution in [0.5, 0.6) is 0 Å². The Bertz CT molecular complexity index is 986. The molecule has 0 radical (unpaired) electrons. The number of aryl methyl sites for hydroxylation is 1. The van der Waals surface area contributed by atoms with Gasteiger partial charge in [0.15, 0.2) is 0 Å². The van der Waals surface area contributed by atoms with Gasteiger partial charge in [-0.2, -0.15) is 0 Å². The first-order chi connectivity index (χ1) is 14.2. The molecule has 0 spiro atoms. The molecule has 0 amide bonds. The molecule has 30 heavy (non-hydrogen) atoms. The Morgan fingerprint density at radius 3 is 2.30 bits per heavy atom. The second kappa shape index (κ2) is 10.4. The van der Waals surface area contributed by atoms with Crippen LogP contribution in [0.25, 0.3) is 0 Å². The number of hydrogen-bond donors (Lipinski definition) is 3. The highest BCUT2D eigenvalue weighted by atomic mass is 32.2. The molecule has 0 unspecified atom stereocenters. The number of carboxylic acids is 1. The number of nitrogens with one attached hydrogen (secondary N) is 2. The number of hydrogen-bond acceptors (Lipinski definition) is 5. The van der Waals surface area contributed by atoms with E-state index in [2.05, 4.69) is 28.8 Å². The molecule has 3 N–H and O–H groups in total. The Balaban J connectivity index is 2.33. The summed E-state index contributed by atoms with van der Waals surface area (Å²) in [7, 11) is -3.99. The van der Waals surface area contributed by atoms with E-state index in [9.17, 15) is 18.3 Å². The number of carbonyl (C=O) groups is 1. The first-order valence-electron chi connectivity index (χ1n) is 10.2. The molecule has 8 heteroatoms. The summed E-state index contributed by atoms with van der Waals surface area (Å²) in [6, 6.07) is 9.91. The molecule has 0 heterocycles. The van der Waals surface area contributed by atoms with Crippen molar-refractivity contribution >= 4 is 27.4 Å². The van der Waals surface area contributed by atoms with Crippen molar-refractivity contribution in [3.63, 3.8) is 0 Å². The fourth-order valence-corrected chi connectivity index (χ4v) is 4.69. The second-order valence-corrected chi connectivity index (χ2v) is 8.64. The van der Waals surface area contributed by atoms with Crippen molar-refractivity contribution in [1.29, 1.82) is 0 Å². The zero-order valence-corrected chi connectivity index (χ0v) is 18.8. The maximum absolute atomic E-state index is 13.1. The van der Waals surface area contributed by atoms with Crippen molar-refractivity contribution in [1.82, 2.24) is 4.90 Å². The van der Waals surface area contributed by atoms with E-state index in [4.69, 9.17) is 0 Å². The fourth-order valence-electron chi connectivity index (χ4n) is 3.43. The molecule has 164 valence electrons. The highest BCUT2D eigenvalue weighted by molar-refractivity contribution is 7.92. The molecule has 2 aromatic carbocycles. The van der Waals surface area contributed by atoms with Crippen molar-refractivity contribution in [2.75, 3.05) is 36.2 Å². The zero-order valence-electron chi connectivity index (χ0n) is 18.0. The molecule has 0 aliphatic heterocycles. The Morgan fingerprint density at radius 1 is 1.03 bits per heavy atom. The lowest BCUT2D eigenvalue weighted by Gasteiger charge is -2.20. The third kappa shape index (κ3) is 5.52. The van der Waals surface area contributed by atoms with E-state index < -0.39 is 16.0 Å². The molecular formula is C22H31N3O4S. The van der Waals surface area contributed by atoms with Crippen LogP contribution >= 0.6 is 0 Å². The third-order valence-corrected chi connectivity index (χ3v) is 6.65. The van der Waals surface area contributed by atoms with Gasteiger partial charge in [0.1, 0.15) is 4.90 Å². The van der Waals surface area contributed by atoms with Gasteiger partial charge in [0, 0.05) is 13.1 Å². The van der Waals surface area contributed by atoms with E-state index in [1.807, 2.05) is 6.92 Å². The van der Waals surface area contributed by atoms with Gasteiger partial charge in [-0.1, -0.05) is 39.0 Å². The van der Waals surface area contributed by atoms with Crippen LogP contribution in [-0.2, 0) is 16.4 Å². The number of sulfonamides is 1. The maximum atomic E-state index is 13.1. The number of anilines is 2. The summed E-state index contributed by atoms with van der Waals surface area (Å²) in [6.45, 7) is 11.0. The van der Waals surface area contributed by atoms with Gasteiger partial charge in [-0.05, 0) is 55.8 Å². The standard InChI is InChI=1S/C22H31N3O4S/c1-5-17-12-13-19(21(16(17)4)22(26)27)24-30(28,29)20-11-9-8-10-18(20)23-14-15-25(6-2)7-3/h8-13,23-24H,5-7,14-15H2,1-4H3,(H,26,27). The van der Waals surface area contributed by atoms with Crippen LogP contribution in [0.2, 0.25) is 0 Å². The first-order valence-corrected chi connectivity index (χ1v) is 11.7. The summed E-state index contributed by atoms with van der Waals surface area (Å²) in [5.74, 6) is -1.16. The predicted molar refractivity (Wildman–Crippen MR) is 121 cm³/mol. The Morgan fingerprint density at radius 2 is 1.70 bits per heavy atom. The van der Waals surface area contributed by atoms with Gasteiger partial charge in [-0.25, -0.2) is 13.2 Å². The third-order valence-electron chi connectivity index (χ3n) is 5.23. The predicted octanol–water partition coefficient (Wildman–Crippen LogP) is 3.81. The van der Waals surface area contributed by atoms with E-state index in [1.54, 1.807) is 31.2 Å². The van der Waals surface area contributed by atoms with Gasteiger partial charge >= 0.3 is 5.97 Å². The van der Waals surface area contributed by atoms with Crippen molar-refractivity contribution in [2.24, 2.45) is 0 Å². The highest BCUT2D eigenvalue weighted by Crippen LogP contribution is 2.28. The number of nitrogens with zero attached hydrogens (tertiary/aromatic N) is 1. The second-order valence-electron chi connectivity index (χ2n) is 6.99. The molecule has 0 aliphatic carbocycles. The van der Waals surface area contributed by atoms with Gasteiger partial charge in [0.25, 0.3) is 10.0 Å². The molecule has 0 saturated heterocycles. The largest absolute Gasteiger partial charge is 0.478 e. The molecular weight excluding hydrogens is 402 g/mol. The smallest absolute Gasteiger partial charge is 0.338 e. The molecule has 2 rings (SSSR count). The van der Waals surface area contributed by atoms with E-state index in [1.165, 1.54) is 12.1 Å². The zero-order chi connectivity index (χ0) is 22.3. The van der Waals surface area contributed by atoms with E-state index >= 15 is 0 Å². The number of likely N-dealkylation sites (N-methyl/N-ethyl adjacent to an activating group) is 1. The molecule has 0 atom stereocenters. The monoisotopic (exact) mass is 433 g/mol. The first kappa shape index (κ1) is 23.7. The molecule has 2 aromatic rings. The Kier molecular flexibility index (Phi) is 8.25. The van der Waals surface area contributed by atoms with Gasteiger partial charge in [0.2, 0.25) is 0 Å². The average Bonchev–Trinajstić information content (AvgIpc) is 2.71. The van der Waals surface area contributed by atoms with Gasteiger partial charge in [-0.15, -0.1) is 0 Å². The number of para-hydroxylation sites is 1. The van der Waals surface area contributed by atoms with Crippen molar-refractivity contribution in [3.8, 4) is 0 Å². The van der Waals surface area contributed by atoms with Crippen LogP contribution in [0.3, 0.4) is 0 Å². The minimum absolute atomic E-state index is 0.0232. The van der Waals surface area contributed by atoms with E-state index in [-0.39, 0.29) is 16.1 Å². The fraction of sp³-hybridized carbons (Fsp3) is 0.409. The summed E-state index contributed by atoms with van der Waals surface area (Å²) < 4.78 is 28.7. The van der Waals surface area contributed by atoms with Crippen LogP contribution in [0.4, 0.5) is 11.4 Å². The van der Waals surface area contributed by atoms with Crippen LogP contribution in [0.1, 0.15) is 42.3 Å². The summed E-state index contributed by atoms with van der Waals surface area (Å²) in [6.07, 6.45) is 0.665. The number of benzene rings is 2. The van der Waals surface area contributed by atoms with E-state index in [0.29, 0.717) is 24.2 Å². The summed E-state index contributed by atoms with van der Waals surface area (Å²) >= 11 is 0. The van der Waals surface area contributed by atoms with Gasteiger partial charge < -0.3 is 15.3 Å². The average molecular weight is 434 g/mol. The van der Waals surface area contributed by atoms with Crippen LogP contribution < -0.4 is 10.0 Å². The molecule has 0 fully saturated rings. The quantitative estimate of drug-likeness (QED) is 0.498. The number of carboxylic acid groups (broad SMARTS) is 1. The lowest BCUT2D eigenvalue weighted by atomic mass is 9.99. The number of aromatic carboxylic acids is 1. The number of rotatable bonds is 11.